The zero-order valence-corrected chi connectivity index (χ0v) is 13.4. The first-order valence-electron chi connectivity index (χ1n) is 4.56. The summed E-state index contributed by atoms with van der Waals surface area (Å²) in [7, 11) is 1.38. The van der Waals surface area contributed by atoms with Crippen LogP contribution < -0.4 is 0 Å². The maximum absolute atomic E-state index is 11.2. The number of fused-ring (bicyclic) bond motifs is 1. The third-order valence-electron chi connectivity index (χ3n) is 2.11. The summed E-state index contributed by atoms with van der Waals surface area (Å²) < 4.78 is 4.64. The zero-order chi connectivity index (χ0) is 12.0. The number of carbonyl (C=O) groups excluding carboxylic acids is 1. The molecule has 0 aliphatic heterocycles. The number of hydrogen-bond donors (Lipinski definition) is 0. The van der Waals surface area contributed by atoms with Gasteiger partial charge in [0.1, 0.15) is 0 Å². The molecule has 0 aliphatic rings. The molecule has 0 heterocycles. The number of esters is 1. The van der Waals surface area contributed by atoms with Crippen LogP contribution in [-0.2, 0) is 21.1 Å². The van der Waals surface area contributed by atoms with E-state index >= 15 is 0 Å². The van der Waals surface area contributed by atoms with Gasteiger partial charge >= 0.3 is 35.9 Å². The summed E-state index contributed by atoms with van der Waals surface area (Å²) in [6, 6.07) is 14.1. The average Bonchev–Trinajstić information content (AvgIpc) is 2.39. The second-order valence-corrected chi connectivity index (χ2v) is 2.98. The van der Waals surface area contributed by atoms with Crippen LogP contribution in [0.3, 0.4) is 0 Å². The van der Waals surface area contributed by atoms with E-state index in [1.54, 1.807) is 6.07 Å². The minimum absolute atomic E-state index is 0.306. The summed E-state index contributed by atoms with van der Waals surface area (Å²) >= 11 is 4.25. The molecule has 0 N–H and O–H groups in total. The number of benzene rings is 2. The van der Waals surface area contributed by atoms with Crippen molar-refractivity contribution in [1.82, 2.24) is 0 Å². The Morgan fingerprint density at radius 3 is 2.75 bits per heavy atom. The van der Waals surface area contributed by atoms with Crippen molar-refractivity contribution in [2.45, 2.75) is 0 Å². The van der Waals surface area contributed by atoms with E-state index in [-0.39, 0.29) is 5.97 Å². The van der Waals surface area contributed by atoms with Crippen LogP contribution in [-0.4, -0.2) is 13.1 Å². The van der Waals surface area contributed by atoms with Gasteiger partial charge in [0.2, 0.25) is 0 Å². The molecule has 16 heavy (non-hydrogen) atoms. The molecule has 2 rings (SSSR count). The molecule has 4 heteroatoms. The van der Waals surface area contributed by atoms with Gasteiger partial charge in [-0.25, -0.2) is 4.79 Å². The fourth-order valence-corrected chi connectivity index (χ4v) is 1.37. The summed E-state index contributed by atoms with van der Waals surface area (Å²) in [5, 5.41) is 2.09. The third-order valence-corrected chi connectivity index (χ3v) is 2.11. The normalized spacial score (nSPS) is 9.25. The Morgan fingerprint density at radius 1 is 1.31 bits per heavy atom. The van der Waals surface area contributed by atoms with Gasteiger partial charge in [0.05, 0.1) is 12.7 Å². The van der Waals surface area contributed by atoms with Crippen molar-refractivity contribution in [3.63, 3.8) is 0 Å². The fourth-order valence-electron chi connectivity index (χ4n) is 1.37. The Morgan fingerprint density at radius 2 is 2.06 bits per heavy atom. The molecule has 0 aromatic heterocycles. The van der Waals surface area contributed by atoms with Gasteiger partial charge in [-0.2, -0.15) is 24.3 Å². The summed E-state index contributed by atoms with van der Waals surface area (Å²) in [4.78, 5) is 11.2. The first-order chi connectivity index (χ1) is 7.81. The Kier molecular flexibility index (Phi) is 5.64. The molecular weight excluding hydrogens is 321 g/mol. The van der Waals surface area contributed by atoms with Crippen molar-refractivity contribution in [2.24, 2.45) is 0 Å². The van der Waals surface area contributed by atoms with Gasteiger partial charge in [-0.05, 0) is 0 Å². The molecule has 0 unspecified atom stereocenters. The monoisotopic (exact) mass is 328 g/mol. The van der Waals surface area contributed by atoms with Gasteiger partial charge in [-0.1, -0.05) is 12.1 Å². The summed E-state index contributed by atoms with van der Waals surface area (Å²) in [6.45, 7) is 0. The van der Waals surface area contributed by atoms with Gasteiger partial charge < -0.3 is 4.74 Å². The molecule has 0 saturated heterocycles. The number of carbonyl (C=O) groups is 1. The molecule has 78 valence electrons. The second kappa shape index (κ2) is 6.77. The molecule has 0 atom stereocenters. The van der Waals surface area contributed by atoms with Gasteiger partial charge in [0.15, 0.2) is 0 Å². The van der Waals surface area contributed by atoms with Crippen molar-refractivity contribution in [3.05, 3.63) is 48.0 Å². The van der Waals surface area contributed by atoms with Gasteiger partial charge in [0.25, 0.3) is 0 Å². The van der Waals surface area contributed by atoms with Crippen LogP contribution in [0.1, 0.15) is 10.4 Å². The van der Waals surface area contributed by atoms with E-state index in [0.717, 1.165) is 10.8 Å². The van der Waals surface area contributed by atoms with Crippen molar-refractivity contribution in [2.75, 3.05) is 7.11 Å². The molecule has 2 nitrogen and oxygen atoms in total. The topological polar surface area (TPSA) is 26.3 Å². The Labute approximate surface area is 111 Å². The molecule has 2 aromatic carbocycles. The summed E-state index contributed by atoms with van der Waals surface area (Å²) in [5.41, 5.74) is 0.575. The molecule has 0 saturated carbocycles. The van der Waals surface area contributed by atoms with Crippen LogP contribution in [0.25, 0.3) is 10.8 Å². The SMILES string of the molecule is COC(=O)c1ccc2c[c-]ccc2c1.[Zn+][Br]. The Balaban J connectivity index is 0.000000606. The predicted molar refractivity (Wildman–Crippen MR) is 63.1 cm³/mol. The molecule has 0 fully saturated rings. The van der Waals surface area contributed by atoms with Crippen LogP contribution in [0, 0.1) is 6.07 Å². The molecule has 2 aromatic rings. The number of hydrogen-bond acceptors (Lipinski definition) is 2. The van der Waals surface area contributed by atoms with Gasteiger partial charge in [0, 0.05) is 0 Å². The molecular formula is C12H9BrO2Zn. The number of rotatable bonds is 1. The number of ether oxygens (including phenoxy) is 1. The summed E-state index contributed by atoms with van der Waals surface area (Å²) in [5.74, 6) is -0.306. The Hall–Kier alpha value is -0.727. The van der Waals surface area contributed by atoms with Gasteiger partial charge in [-0.3, -0.25) is 0 Å². The maximum atomic E-state index is 11.2. The van der Waals surface area contributed by atoms with Crippen LogP contribution in [0.2, 0.25) is 0 Å². The number of methoxy groups -OCH3 is 1. The van der Waals surface area contributed by atoms with Crippen molar-refractivity contribution >= 4 is 30.4 Å². The molecule has 0 spiro atoms. The van der Waals surface area contributed by atoms with Crippen LogP contribution in [0.4, 0.5) is 0 Å². The van der Waals surface area contributed by atoms with E-state index in [0.29, 0.717) is 5.56 Å². The second-order valence-electron chi connectivity index (χ2n) is 2.98. The van der Waals surface area contributed by atoms with Crippen LogP contribution in [0.5, 0.6) is 0 Å². The van der Waals surface area contributed by atoms with Crippen molar-refractivity contribution in [1.29, 1.82) is 0 Å². The van der Waals surface area contributed by atoms with E-state index < -0.39 is 0 Å². The van der Waals surface area contributed by atoms with Crippen molar-refractivity contribution < 1.29 is 25.9 Å². The van der Waals surface area contributed by atoms with E-state index in [9.17, 15) is 4.79 Å². The summed E-state index contributed by atoms with van der Waals surface area (Å²) in [6.07, 6.45) is 0. The quantitative estimate of drug-likeness (QED) is 0.456. The first-order valence-corrected chi connectivity index (χ1v) is 11.5. The molecule has 0 amide bonds. The number of halogens is 1. The van der Waals surface area contributed by atoms with Gasteiger partial charge in [-0.15, -0.1) is 16.8 Å². The van der Waals surface area contributed by atoms with E-state index in [1.807, 2.05) is 30.3 Å². The Bertz CT molecular complexity index is 485. The molecule has 0 bridgehead atoms. The van der Waals surface area contributed by atoms with Crippen LogP contribution >= 0.6 is 13.6 Å². The fraction of sp³-hybridized carbons (Fsp3) is 0.0833. The minimum atomic E-state index is -0.306. The molecule has 0 aliphatic carbocycles. The zero-order valence-electron chi connectivity index (χ0n) is 8.87. The average molecular weight is 330 g/mol. The van der Waals surface area contributed by atoms with E-state index in [2.05, 4.69) is 24.4 Å². The van der Waals surface area contributed by atoms with E-state index in [4.69, 9.17) is 0 Å². The third kappa shape index (κ3) is 3.13. The van der Waals surface area contributed by atoms with E-state index in [1.165, 1.54) is 23.5 Å². The standard InChI is InChI=1S/C12H9O2.BrH.Zn/c1-14-12(13)11-7-6-9-4-2-3-5-10(9)8-11;;/h3-8H,1H3;1H;/q-1;;+2/p-1. The predicted octanol–water partition coefficient (Wildman–Crippen LogP) is 3.27. The van der Waals surface area contributed by atoms with Crippen molar-refractivity contribution in [3.8, 4) is 0 Å². The first kappa shape index (κ1) is 13.3. The molecule has 0 radical (unpaired) electrons. The van der Waals surface area contributed by atoms with Crippen LogP contribution in [0.15, 0.2) is 36.4 Å².